The zero-order valence-electron chi connectivity index (χ0n) is 20.8. The van der Waals surface area contributed by atoms with Crippen LogP contribution in [0.2, 0.25) is 4.34 Å². The number of thiophene rings is 1. The van der Waals surface area contributed by atoms with Crippen molar-refractivity contribution in [2.45, 2.75) is 19.1 Å². The second-order valence-corrected chi connectivity index (χ2v) is 10.3. The molecule has 1 aromatic carbocycles. The number of anilines is 1. The van der Waals surface area contributed by atoms with Crippen LogP contribution in [0.15, 0.2) is 47.4 Å². The van der Waals surface area contributed by atoms with Crippen LogP contribution in [0.25, 0.3) is 11.1 Å². The van der Waals surface area contributed by atoms with Crippen LogP contribution in [0, 0.1) is 0 Å². The van der Waals surface area contributed by atoms with Crippen LogP contribution >= 0.6 is 22.9 Å². The van der Waals surface area contributed by atoms with Crippen molar-refractivity contribution in [1.82, 2.24) is 15.6 Å². The molecule has 0 unspecified atom stereocenters. The summed E-state index contributed by atoms with van der Waals surface area (Å²) in [5.74, 6) is -0.275. The third-order valence-corrected chi connectivity index (χ3v) is 7.29. The number of methoxy groups -OCH3 is 1. The number of hydrogen-bond donors (Lipinski definition) is 4. The molecule has 1 aliphatic heterocycles. The molecule has 0 saturated carbocycles. The number of nitrogens with one attached hydrogen (secondary N) is 3. The van der Waals surface area contributed by atoms with E-state index >= 15 is 0 Å². The molecule has 4 N–H and O–H groups in total. The number of cyclic esters (lactones) is 1. The Bertz CT molecular complexity index is 1340. The van der Waals surface area contributed by atoms with Crippen molar-refractivity contribution in [3.8, 4) is 11.1 Å². The number of ether oxygens (including phenoxy) is 2. The van der Waals surface area contributed by atoms with E-state index in [-0.39, 0.29) is 37.8 Å². The van der Waals surface area contributed by atoms with Crippen molar-refractivity contribution >= 4 is 40.6 Å². The highest BCUT2D eigenvalue weighted by molar-refractivity contribution is 7.18. The molecule has 1 fully saturated rings. The Labute approximate surface area is 228 Å². The van der Waals surface area contributed by atoms with Gasteiger partial charge in [0.05, 0.1) is 35.5 Å². The molecule has 4 rings (SSSR count). The van der Waals surface area contributed by atoms with Gasteiger partial charge in [0, 0.05) is 31.1 Å². The van der Waals surface area contributed by atoms with E-state index in [4.69, 9.17) is 26.2 Å². The number of carbonyl (C=O) groups excluding carboxylic acids is 2. The predicted molar refractivity (Wildman–Crippen MR) is 146 cm³/mol. The molecule has 1 atom stereocenters. The number of aliphatic hydroxyl groups excluding tert-OH is 1. The second-order valence-electron chi connectivity index (χ2n) is 8.63. The molecule has 0 aliphatic carbocycles. The third-order valence-electron chi connectivity index (χ3n) is 6.06. The number of aromatic amines is 1. The Balaban J connectivity index is 1.51. The van der Waals surface area contributed by atoms with Gasteiger partial charge in [0.2, 0.25) is 0 Å². The van der Waals surface area contributed by atoms with Gasteiger partial charge in [-0.2, -0.15) is 0 Å². The number of aliphatic hydroxyl groups is 1. The van der Waals surface area contributed by atoms with Crippen molar-refractivity contribution in [3.05, 3.63) is 73.3 Å². The summed E-state index contributed by atoms with van der Waals surface area (Å²) in [5.41, 5.74) is 3.46. The summed E-state index contributed by atoms with van der Waals surface area (Å²) in [6.07, 6.45) is 1.06. The number of aromatic nitrogens is 1. The van der Waals surface area contributed by atoms with E-state index in [1.807, 2.05) is 18.2 Å². The van der Waals surface area contributed by atoms with Crippen LogP contribution in [-0.2, 0) is 22.5 Å². The first-order chi connectivity index (χ1) is 18.4. The van der Waals surface area contributed by atoms with E-state index in [2.05, 4.69) is 15.6 Å². The summed E-state index contributed by atoms with van der Waals surface area (Å²) < 4.78 is 11.4. The number of pyridine rings is 1. The van der Waals surface area contributed by atoms with Crippen molar-refractivity contribution in [2.24, 2.45) is 0 Å². The number of halogens is 1. The molecule has 0 spiro atoms. The minimum absolute atomic E-state index is 0.0210. The van der Waals surface area contributed by atoms with Crippen molar-refractivity contribution in [2.75, 3.05) is 44.8 Å². The Hall–Kier alpha value is -3.22. The van der Waals surface area contributed by atoms with E-state index in [1.54, 1.807) is 31.5 Å². The molecule has 0 bridgehead atoms. The fourth-order valence-corrected chi connectivity index (χ4v) is 5.24. The summed E-state index contributed by atoms with van der Waals surface area (Å²) >= 11 is 7.08. The Kier molecular flexibility index (Phi) is 9.53. The molecule has 2 amide bonds. The van der Waals surface area contributed by atoms with Gasteiger partial charge >= 0.3 is 6.09 Å². The van der Waals surface area contributed by atoms with E-state index in [0.717, 1.165) is 16.7 Å². The maximum absolute atomic E-state index is 12.7. The molecule has 0 radical (unpaired) electrons. The zero-order valence-corrected chi connectivity index (χ0v) is 22.4. The molecule has 202 valence electrons. The van der Waals surface area contributed by atoms with Crippen molar-refractivity contribution in [3.63, 3.8) is 0 Å². The highest BCUT2D eigenvalue weighted by atomic mass is 35.5. The van der Waals surface area contributed by atoms with Gasteiger partial charge in [0.1, 0.15) is 6.10 Å². The van der Waals surface area contributed by atoms with E-state index < -0.39 is 12.2 Å². The van der Waals surface area contributed by atoms with Crippen LogP contribution in [-0.4, -0.2) is 68.1 Å². The molecule has 12 heteroatoms. The fourth-order valence-electron chi connectivity index (χ4n) is 4.28. The summed E-state index contributed by atoms with van der Waals surface area (Å²) in [6.45, 7) is 1.71. The molecule has 2 aromatic heterocycles. The van der Waals surface area contributed by atoms with Crippen LogP contribution in [0.1, 0.15) is 20.8 Å². The zero-order chi connectivity index (χ0) is 27.1. The van der Waals surface area contributed by atoms with Crippen LogP contribution in [0.4, 0.5) is 10.5 Å². The highest BCUT2D eigenvalue weighted by Gasteiger charge is 2.33. The van der Waals surface area contributed by atoms with E-state index in [1.165, 1.54) is 16.2 Å². The topological polar surface area (TPSA) is 133 Å². The second kappa shape index (κ2) is 13.0. The molecule has 3 aromatic rings. The number of amides is 2. The summed E-state index contributed by atoms with van der Waals surface area (Å²) in [4.78, 5) is 42.4. The standard InChI is InChI=1S/C26H29ClN4O6S/c1-36-15-16-12-17(2-3-19(16)20-7-9-29-24(33)21(20)6-8-28-10-11-32)31-14-18(37-26(31)35)13-30-25(34)22-4-5-23(27)38-22/h2-5,7,9,12,18,28,32H,6,8,10-11,13-15H2,1H3,(H,29,33)(H,30,34)/t18-/m0/s1. The molecule has 10 nitrogen and oxygen atoms in total. The number of hydrogen-bond acceptors (Lipinski definition) is 8. The minimum Gasteiger partial charge on any atom is -0.442 e. The molecule has 3 heterocycles. The van der Waals surface area contributed by atoms with Gasteiger partial charge < -0.3 is 30.2 Å². The lowest BCUT2D eigenvalue weighted by molar-refractivity contribution is 0.0920. The highest BCUT2D eigenvalue weighted by Crippen LogP contribution is 2.32. The van der Waals surface area contributed by atoms with E-state index in [0.29, 0.717) is 40.0 Å². The Morgan fingerprint density at radius 3 is 2.82 bits per heavy atom. The molecule has 38 heavy (non-hydrogen) atoms. The molecule has 1 aliphatic rings. The number of benzene rings is 1. The SMILES string of the molecule is COCc1cc(N2C[C@H](CNC(=O)c3ccc(Cl)s3)OC2=O)ccc1-c1cc[nH]c(=O)c1CCNCCO. The minimum atomic E-state index is -0.516. The average molecular weight is 561 g/mol. The van der Waals surface area contributed by atoms with Crippen molar-refractivity contribution in [1.29, 1.82) is 0 Å². The van der Waals surface area contributed by atoms with Crippen LogP contribution in [0.3, 0.4) is 0 Å². The Morgan fingerprint density at radius 2 is 2.08 bits per heavy atom. The molecular weight excluding hydrogens is 532 g/mol. The maximum atomic E-state index is 12.7. The number of carbonyl (C=O) groups is 2. The fraction of sp³-hybridized carbons (Fsp3) is 0.346. The lowest BCUT2D eigenvalue weighted by atomic mass is 9.94. The quantitative estimate of drug-likeness (QED) is 0.250. The van der Waals surface area contributed by atoms with Crippen molar-refractivity contribution < 1.29 is 24.2 Å². The molecular formula is C26H29ClN4O6S. The van der Waals surface area contributed by atoms with Gasteiger partial charge in [-0.15, -0.1) is 11.3 Å². The average Bonchev–Trinajstić information content (AvgIpc) is 3.51. The first-order valence-corrected chi connectivity index (χ1v) is 13.3. The van der Waals surface area contributed by atoms with Gasteiger partial charge in [0.25, 0.3) is 11.5 Å². The third kappa shape index (κ3) is 6.61. The number of nitrogens with zero attached hydrogens (tertiary/aromatic N) is 1. The summed E-state index contributed by atoms with van der Waals surface area (Å²) in [6, 6.07) is 10.7. The van der Waals surface area contributed by atoms with Gasteiger partial charge in [0.15, 0.2) is 0 Å². The van der Waals surface area contributed by atoms with Gasteiger partial charge in [-0.05, 0) is 60.0 Å². The monoisotopic (exact) mass is 560 g/mol. The summed E-state index contributed by atoms with van der Waals surface area (Å²) in [5, 5.41) is 14.9. The first-order valence-electron chi connectivity index (χ1n) is 12.1. The normalized spacial score (nSPS) is 15.1. The van der Waals surface area contributed by atoms with Crippen LogP contribution < -0.4 is 21.1 Å². The van der Waals surface area contributed by atoms with Gasteiger partial charge in [-0.25, -0.2) is 4.79 Å². The first kappa shape index (κ1) is 27.8. The molecule has 1 saturated heterocycles. The predicted octanol–water partition coefficient (Wildman–Crippen LogP) is 2.78. The number of rotatable bonds is 12. The van der Waals surface area contributed by atoms with Gasteiger partial charge in [-0.1, -0.05) is 17.7 Å². The van der Waals surface area contributed by atoms with E-state index in [9.17, 15) is 14.4 Å². The largest absolute Gasteiger partial charge is 0.442 e. The number of H-pyrrole nitrogens is 1. The lowest BCUT2D eigenvalue weighted by Gasteiger charge is -2.18. The van der Waals surface area contributed by atoms with Crippen LogP contribution in [0.5, 0.6) is 0 Å². The maximum Gasteiger partial charge on any atom is 0.414 e. The lowest BCUT2D eigenvalue weighted by Crippen LogP contribution is -2.34. The summed E-state index contributed by atoms with van der Waals surface area (Å²) in [7, 11) is 1.58. The Morgan fingerprint density at radius 1 is 1.24 bits per heavy atom. The smallest absolute Gasteiger partial charge is 0.414 e. The van der Waals surface area contributed by atoms with Gasteiger partial charge in [-0.3, -0.25) is 14.5 Å².